The first-order valence-corrected chi connectivity index (χ1v) is 9.62. The molecule has 2 aliphatic heterocycles. The number of nitrogens with zero attached hydrogens (tertiary/aromatic N) is 4. The van der Waals surface area contributed by atoms with E-state index >= 15 is 0 Å². The molecule has 0 spiro atoms. The predicted octanol–water partition coefficient (Wildman–Crippen LogP) is 2.57. The molecule has 2 aromatic rings. The SMILES string of the molecule is COc1cc2ncnc(N3CC(N4CC5CCCC5C4)C3)c2cc1OC. The molecule has 2 atom stereocenters. The number of benzene rings is 1. The van der Waals surface area contributed by atoms with Crippen LogP contribution < -0.4 is 14.4 Å². The molecule has 6 nitrogen and oxygen atoms in total. The molecular formula is C20H26N4O2. The van der Waals surface area contributed by atoms with Gasteiger partial charge in [-0.05, 0) is 30.7 Å². The minimum absolute atomic E-state index is 0.672. The number of hydrogen-bond donors (Lipinski definition) is 0. The molecule has 1 aromatic carbocycles. The van der Waals surface area contributed by atoms with Crippen LogP contribution in [0.5, 0.6) is 11.5 Å². The van der Waals surface area contributed by atoms with E-state index in [9.17, 15) is 0 Å². The maximum absolute atomic E-state index is 5.47. The van der Waals surface area contributed by atoms with Crippen molar-refractivity contribution in [2.24, 2.45) is 11.8 Å². The fourth-order valence-corrected chi connectivity index (χ4v) is 5.05. The molecule has 5 rings (SSSR count). The number of anilines is 1. The van der Waals surface area contributed by atoms with Gasteiger partial charge >= 0.3 is 0 Å². The summed E-state index contributed by atoms with van der Waals surface area (Å²) in [6, 6.07) is 4.60. The molecule has 2 saturated heterocycles. The maximum Gasteiger partial charge on any atom is 0.162 e. The summed E-state index contributed by atoms with van der Waals surface area (Å²) in [5.74, 6) is 4.35. The summed E-state index contributed by atoms with van der Waals surface area (Å²) in [6.45, 7) is 4.72. The Balaban J connectivity index is 1.35. The zero-order valence-electron chi connectivity index (χ0n) is 15.5. The van der Waals surface area contributed by atoms with Crippen LogP contribution in [-0.4, -0.2) is 61.3 Å². The highest BCUT2D eigenvalue weighted by Gasteiger charge is 2.42. The molecule has 1 aliphatic carbocycles. The normalized spacial score (nSPS) is 26.2. The second kappa shape index (κ2) is 6.27. The van der Waals surface area contributed by atoms with Gasteiger partial charge in [0.1, 0.15) is 12.1 Å². The van der Waals surface area contributed by atoms with Crippen molar-refractivity contribution < 1.29 is 9.47 Å². The fourth-order valence-electron chi connectivity index (χ4n) is 5.05. The lowest BCUT2D eigenvalue weighted by atomic mass is 10.0. The van der Waals surface area contributed by atoms with E-state index in [0.29, 0.717) is 11.8 Å². The molecule has 3 heterocycles. The van der Waals surface area contributed by atoms with Gasteiger partial charge in [-0.25, -0.2) is 9.97 Å². The number of rotatable bonds is 4. The van der Waals surface area contributed by atoms with Gasteiger partial charge in [0.15, 0.2) is 11.5 Å². The molecule has 6 heteroatoms. The first-order valence-electron chi connectivity index (χ1n) is 9.62. The molecule has 3 aliphatic rings. The van der Waals surface area contributed by atoms with Gasteiger partial charge in [-0.1, -0.05) is 6.42 Å². The standard InChI is InChI=1S/C20H26N4O2/c1-25-18-6-16-17(7-19(18)26-2)21-12-22-20(16)24-10-15(11-24)23-8-13-4-3-5-14(13)9-23/h6-7,12-15H,3-5,8-11H2,1-2H3. The smallest absolute Gasteiger partial charge is 0.162 e. The minimum atomic E-state index is 0.672. The van der Waals surface area contributed by atoms with Crippen molar-refractivity contribution in [2.45, 2.75) is 25.3 Å². The van der Waals surface area contributed by atoms with Crippen molar-refractivity contribution in [3.05, 3.63) is 18.5 Å². The number of aromatic nitrogens is 2. The van der Waals surface area contributed by atoms with Gasteiger partial charge in [0, 0.05) is 43.7 Å². The van der Waals surface area contributed by atoms with Gasteiger partial charge in [0.05, 0.1) is 19.7 Å². The van der Waals surface area contributed by atoms with Crippen LogP contribution >= 0.6 is 0 Å². The summed E-state index contributed by atoms with van der Waals surface area (Å²) >= 11 is 0. The number of likely N-dealkylation sites (tertiary alicyclic amines) is 1. The summed E-state index contributed by atoms with van der Waals surface area (Å²) in [5, 5.41) is 1.03. The Morgan fingerprint density at radius 2 is 1.62 bits per heavy atom. The summed E-state index contributed by atoms with van der Waals surface area (Å²) in [5.41, 5.74) is 0.895. The molecule has 0 radical (unpaired) electrons. The third-order valence-corrected chi connectivity index (χ3v) is 6.55. The second-order valence-electron chi connectivity index (χ2n) is 7.89. The Hall–Kier alpha value is -2.08. The van der Waals surface area contributed by atoms with E-state index in [2.05, 4.69) is 19.8 Å². The average Bonchev–Trinajstić information content (AvgIpc) is 3.21. The fraction of sp³-hybridized carbons (Fsp3) is 0.600. The third kappa shape index (κ3) is 2.50. The van der Waals surface area contributed by atoms with Gasteiger partial charge in [-0.15, -0.1) is 0 Å². The highest BCUT2D eigenvalue weighted by atomic mass is 16.5. The van der Waals surface area contributed by atoms with E-state index in [4.69, 9.17) is 9.47 Å². The largest absolute Gasteiger partial charge is 0.493 e. The first kappa shape index (κ1) is 16.1. The molecule has 1 aromatic heterocycles. The molecule has 138 valence electrons. The Labute approximate surface area is 154 Å². The summed E-state index contributed by atoms with van der Waals surface area (Å²) in [7, 11) is 3.31. The van der Waals surface area contributed by atoms with Gasteiger partial charge in [0.25, 0.3) is 0 Å². The molecule has 26 heavy (non-hydrogen) atoms. The van der Waals surface area contributed by atoms with Crippen LogP contribution in [-0.2, 0) is 0 Å². The Morgan fingerprint density at radius 3 is 2.31 bits per heavy atom. The lowest BCUT2D eigenvalue weighted by Crippen LogP contribution is -2.59. The van der Waals surface area contributed by atoms with Gasteiger partial charge < -0.3 is 14.4 Å². The topological polar surface area (TPSA) is 50.7 Å². The van der Waals surface area contributed by atoms with Crippen molar-refractivity contribution in [1.82, 2.24) is 14.9 Å². The molecule has 1 saturated carbocycles. The predicted molar refractivity (Wildman–Crippen MR) is 101 cm³/mol. The number of hydrogen-bond acceptors (Lipinski definition) is 6. The molecule has 3 fully saturated rings. The lowest BCUT2D eigenvalue weighted by Gasteiger charge is -2.45. The van der Waals surface area contributed by atoms with Crippen molar-refractivity contribution in [3.63, 3.8) is 0 Å². The zero-order chi connectivity index (χ0) is 17.7. The molecular weight excluding hydrogens is 328 g/mol. The van der Waals surface area contributed by atoms with Crippen molar-refractivity contribution in [2.75, 3.05) is 45.3 Å². The quantitative estimate of drug-likeness (QED) is 0.841. The Kier molecular flexibility index (Phi) is 3.89. The number of ether oxygens (including phenoxy) is 2. The van der Waals surface area contributed by atoms with Gasteiger partial charge in [-0.3, -0.25) is 4.90 Å². The summed E-state index contributed by atoms with van der Waals surface area (Å²) in [6.07, 6.45) is 5.97. The number of fused-ring (bicyclic) bond motifs is 2. The number of methoxy groups -OCH3 is 2. The molecule has 0 amide bonds. The lowest BCUT2D eigenvalue weighted by molar-refractivity contribution is 0.190. The highest BCUT2D eigenvalue weighted by molar-refractivity contribution is 5.92. The van der Waals surface area contributed by atoms with Crippen LogP contribution in [0.4, 0.5) is 5.82 Å². The Bertz CT molecular complexity index is 809. The van der Waals surface area contributed by atoms with E-state index < -0.39 is 0 Å². The van der Waals surface area contributed by atoms with E-state index in [1.54, 1.807) is 20.5 Å². The average molecular weight is 354 g/mol. The highest BCUT2D eigenvalue weighted by Crippen LogP contribution is 2.41. The van der Waals surface area contributed by atoms with Crippen molar-refractivity contribution in [1.29, 1.82) is 0 Å². The summed E-state index contributed by atoms with van der Waals surface area (Å²) < 4.78 is 10.9. The van der Waals surface area contributed by atoms with E-state index in [1.165, 1.54) is 32.4 Å². The summed E-state index contributed by atoms with van der Waals surface area (Å²) in [4.78, 5) is 14.1. The van der Waals surface area contributed by atoms with Crippen molar-refractivity contribution in [3.8, 4) is 11.5 Å². The van der Waals surface area contributed by atoms with Gasteiger partial charge in [-0.2, -0.15) is 0 Å². The monoisotopic (exact) mass is 354 g/mol. The van der Waals surface area contributed by atoms with Crippen LogP contribution in [0.3, 0.4) is 0 Å². The third-order valence-electron chi connectivity index (χ3n) is 6.55. The first-order chi connectivity index (χ1) is 12.8. The van der Waals surface area contributed by atoms with Crippen LogP contribution in [0.2, 0.25) is 0 Å². The van der Waals surface area contributed by atoms with Crippen LogP contribution in [0.25, 0.3) is 10.9 Å². The van der Waals surface area contributed by atoms with E-state index in [-0.39, 0.29) is 0 Å². The van der Waals surface area contributed by atoms with E-state index in [1.807, 2.05) is 12.1 Å². The Morgan fingerprint density at radius 1 is 0.923 bits per heavy atom. The van der Waals surface area contributed by atoms with Crippen LogP contribution in [0, 0.1) is 11.8 Å². The maximum atomic E-state index is 5.47. The molecule has 0 N–H and O–H groups in total. The van der Waals surface area contributed by atoms with E-state index in [0.717, 1.165) is 47.4 Å². The molecule has 0 bridgehead atoms. The minimum Gasteiger partial charge on any atom is -0.493 e. The van der Waals surface area contributed by atoms with Crippen LogP contribution in [0.1, 0.15) is 19.3 Å². The molecule has 2 unspecified atom stereocenters. The van der Waals surface area contributed by atoms with Gasteiger partial charge in [0.2, 0.25) is 0 Å². The van der Waals surface area contributed by atoms with Crippen molar-refractivity contribution >= 4 is 16.7 Å². The van der Waals surface area contributed by atoms with Crippen LogP contribution in [0.15, 0.2) is 18.5 Å². The second-order valence-corrected chi connectivity index (χ2v) is 7.89. The zero-order valence-corrected chi connectivity index (χ0v) is 15.5.